The molecule has 1 aliphatic heterocycles. The minimum atomic E-state index is -0.938. The van der Waals surface area contributed by atoms with E-state index < -0.39 is 35.7 Å². The molecule has 10 heteroatoms. The van der Waals surface area contributed by atoms with Crippen molar-refractivity contribution in [3.05, 3.63) is 64.1 Å². The number of nitrogens with one attached hydrogen (secondary N) is 1. The summed E-state index contributed by atoms with van der Waals surface area (Å²) in [5, 5.41) is 4.69. The summed E-state index contributed by atoms with van der Waals surface area (Å²) >= 11 is 12.7. The Bertz CT molecular complexity index is 1400. The molecule has 2 heterocycles. The predicted octanol–water partition coefficient (Wildman–Crippen LogP) is 6.20. The van der Waals surface area contributed by atoms with Gasteiger partial charge < -0.3 is 14.8 Å². The summed E-state index contributed by atoms with van der Waals surface area (Å²) in [5.74, 6) is -0.986. The van der Waals surface area contributed by atoms with Crippen LogP contribution in [-0.4, -0.2) is 59.2 Å². The van der Waals surface area contributed by atoms with Gasteiger partial charge in [0, 0.05) is 23.9 Å². The van der Waals surface area contributed by atoms with E-state index in [1.807, 2.05) is 30.3 Å². The zero-order valence-electron chi connectivity index (χ0n) is 23.0. The van der Waals surface area contributed by atoms with E-state index in [0.717, 1.165) is 29.3 Å². The molecule has 0 saturated carbocycles. The van der Waals surface area contributed by atoms with Crippen molar-refractivity contribution in [1.82, 2.24) is 15.2 Å². The fourth-order valence-electron chi connectivity index (χ4n) is 4.77. The quantitative estimate of drug-likeness (QED) is 0.346. The fourth-order valence-corrected chi connectivity index (χ4v) is 5.36. The highest BCUT2D eigenvalue weighted by molar-refractivity contribution is 6.39. The number of ether oxygens (including phenoxy) is 2. The van der Waals surface area contributed by atoms with Gasteiger partial charge in [0.25, 0.3) is 0 Å². The monoisotopic (exact) mass is 585 g/mol. The number of hydrogen-bond acceptors (Lipinski definition) is 6. The topological polar surface area (TPSA) is 97.8 Å². The molecule has 1 aliphatic rings. The maximum atomic E-state index is 13.3. The summed E-state index contributed by atoms with van der Waals surface area (Å²) in [6, 6.07) is 13.0. The van der Waals surface area contributed by atoms with Crippen molar-refractivity contribution in [3.63, 3.8) is 0 Å². The first-order chi connectivity index (χ1) is 19.0. The maximum Gasteiger partial charge on any atom is 0.410 e. The van der Waals surface area contributed by atoms with Crippen LogP contribution >= 0.6 is 23.2 Å². The molecule has 212 valence electrons. The van der Waals surface area contributed by atoms with Gasteiger partial charge in [-0.15, -0.1) is 0 Å². The van der Waals surface area contributed by atoms with Gasteiger partial charge in [-0.3, -0.25) is 9.69 Å². The lowest BCUT2D eigenvalue weighted by Crippen LogP contribution is -2.56. The number of likely N-dealkylation sites (tertiary alicyclic amines) is 1. The van der Waals surface area contributed by atoms with Gasteiger partial charge in [-0.2, -0.15) is 0 Å². The first kappa shape index (κ1) is 29.6. The fraction of sp³-hybridized carbons (Fsp3) is 0.400. The van der Waals surface area contributed by atoms with Crippen LogP contribution in [-0.2, 0) is 25.5 Å². The Labute approximate surface area is 243 Å². The molecule has 2 amide bonds. The van der Waals surface area contributed by atoms with Gasteiger partial charge in [0.1, 0.15) is 17.7 Å². The van der Waals surface area contributed by atoms with E-state index in [9.17, 15) is 14.4 Å². The molecule has 1 fully saturated rings. The predicted molar refractivity (Wildman–Crippen MR) is 155 cm³/mol. The Kier molecular flexibility index (Phi) is 9.21. The molecule has 3 aromatic rings. The third kappa shape index (κ3) is 7.04. The zero-order valence-corrected chi connectivity index (χ0v) is 24.5. The van der Waals surface area contributed by atoms with E-state index in [4.69, 9.17) is 37.7 Å². The number of fused-ring (bicyclic) bond motifs is 1. The van der Waals surface area contributed by atoms with Crippen molar-refractivity contribution in [3.8, 4) is 11.3 Å². The van der Waals surface area contributed by atoms with Crippen molar-refractivity contribution < 1.29 is 23.9 Å². The lowest BCUT2D eigenvalue weighted by atomic mass is 9.99. The maximum absolute atomic E-state index is 13.3. The number of carbonyl (C=O) groups excluding carboxylic acids is 3. The number of aromatic nitrogens is 1. The third-order valence-electron chi connectivity index (χ3n) is 6.65. The molecular weight excluding hydrogens is 553 g/mol. The van der Waals surface area contributed by atoms with Gasteiger partial charge in [-0.05, 0) is 75.9 Å². The number of esters is 1. The van der Waals surface area contributed by atoms with Crippen LogP contribution in [0.1, 0.15) is 45.6 Å². The largest absolute Gasteiger partial charge is 0.467 e. The molecule has 0 aliphatic carbocycles. The zero-order chi connectivity index (χ0) is 29.0. The van der Waals surface area contributed by atoms with Crippen molar-refractivity contribution in [1.29, 1.82) is 0 Å². The summed E-state index contributed by atoms with van der Waals surface area (Å²) in [4.78, 5) is 45.0. The van der Waals surface area contributed by atoms with E-state index in [-0.39, 0.29) is 6.42 Å². The van der Waals surface area contributed by atoms with Crippen LogP contribution in [0.15, 0.2) is 48.5 Å². The molecule has 8 nitrogen and oxygen atoms in total. The van der Waals surface area contributed by atoms with E-state index in [2.05, 4.69) is 5.32 Å². The molecule has 40 heavy (non-hydrogen) atoms. The van der Waals surface area contributed by atoms with Crippen LogP contribution in [0.5, 0.6) is 0 Å². The molecule has 2 aromatic carbocycles. The number of benzene rings is 2. The van der Waals surface area contributed by atoms with Crippen molar-refractivity contribution >= 4 is 52.1 Å². The van der Waals surface area contributed by atoms with Gasteiger partial charge in [0.15, 0.2) is 0 Å². The van der Waals surface area contributed by atoms with Crippen molar-refractivity contribution in [2.24, 2.45) is 0 Å². The third-order valence-corrected chi connectivity index (χ3v) is 7.28. The molecule has 1 saturated heterocycles. The second-order valence-corrected chi connectivity index (χ2v) is 11.6. The number of amides is 2. The highest BCUT2D eigenvalue weighted by Crippen LogP contribution is 2.34. The van der Waals surface area contributed by atoms with Crippen molar-refractivity contribution in [2.45, 2.75) is 64.1 Å². The van der Waals surface area contributed by atoms with Crippen LogP contribution in [0, 0.1) is 0 Å². The average molecular weight is 587 g/mol. The molecule has 1 aromatic heterocycles. The normalized spacial score (nSPS) is 16.4. The van der Waals surface area contributed by atoms with Crippen LogP contribution in [0.25, 0.3) is 22.2 Å². The Hall–Kier alpha value is -3.36. The van der Waals surface area contributed by atoms with Gasteiger partial charge in [0.2, 0.25) is 5.91 Å². The lowest BCUT2D eigenvalue weighted by Gasteiger charge is -2.36. The number of nitrogens with zero attached hydrogens (tertiary/aromatic N) is 2. The van der Waals surface area contributed by atoms with Crippen LogP contribution < -0.4 is 5.32 Å². The van der Waals surface area contributed by atoms with Gasteiger partial charge in [0.05, 0.1) is 28.4 Å². The SMILES string of the molecule is COC(=O)[C@H](Cc1ccc2nc(-c3c(Cl)cccc3Cl)ccc2c1)NC(=O)C1CCCCN1C(=O)OC(C)(C)C. The van der Waals surface area contributed by atoms with E-state index >= 15 is 0 Å². The molecule has 2 atom stereocenters. The number of methoxy groups -OCH3 is 1. The second-order valence-electron chi connectivity index (χ2n) is 10.8. The molecule has 0 spiro atoms. The van der Waals surface area contributed by atoms with E-state index in [1.165, 1.54) is 12.0 Å². The number of pyridine rings is 1. The number of rotatable bonds is 6. The molecule has 4 rings (SSSR count). The molecule has 0 bridgehead atoms. The highest BCUT2D eigenvalue weighted by atomic mass is 35.5. The number of halogens is 2. The van der Waals surface area contributed by atoms with E-state index in [0.29, 0.717) is 34.3 Å². The summed E-state index contributed by atoms with van der Waals surface area (Å²) < 4.78 is 10.5. The molecule has 1 N–H and O–H groups in total. The first-order valence-electron chi connectivity index (χ1n) is 13.2. The Morgan fingerprint density at radius 1 is 1.07 bits per heavy atom. The second kappa shape index (κ2) is 12.4. The minimum Gasteiger partial charge on any atom is -0.467 e. The summed E-state index contributed by atoms with van der Waals surface area (Å²) in [6.07, 6.45) is 1.71. The minimum absolute atomic E-state index is 0.200. The molecular formula is C30H33Cl2N3O5. The molecule has 1 unspecified atom stereocenters. The molecule has 0 radical (unpaired) electrons. The van der Waals surface area contributed by atoms with Crippen LogP contribution in [0.4, 0.5) is 4.79 Å². The highest BCUT2D eigenvalue weighted by Gasteiger charge is 2.36. The average Bonchev–Trinajstić information content (AvgIpc) is 2.91. The Morgan fingerprint density at radius 2 is 1.80 bits per heavy atom. The van der Waals surface area contributed by atoms with Gasteiger partial charge in [-0.1, -0.05) is 41.4 Å². The van der Waals surface area contributed by atoms with Crippen molar-refractivity contribution in [2.75, 3.05) is 13.7 Å². The van der Waals surface area contributed by atoms with Crippen LogP contribution in [0.3, 0.4) is 0 Å². The smallest absolute Gasteiger partial charge is 0.410 e. The summed E-state index contributed by atoms with van der Waals surface area (Å²) in [6.45, 7) is 5.75. The van der Waals surface area contributed by atoms with E-state index in [1.54, 1.807) is 39.0 Å². The Balaban J connectivity index is 1.53. The van der Waals surface area contributed by atoms with Crippen LogP contribution in [0.2, 0.25) is 10.0 Å². The number of carbonyl (C=O) groups is 3. The number of piperidine rings is 1. The standard InChI is InChI=1S/C30H33Cl2N3O5/c1-30(2,3)40-29(38)35-15-6-5-10-25(35)27(36)34-24(28(37)39-4)17-18-11-13-22-19(16-18)12-14-23(33-22)26-20(31)8-7-9-21(26)32/h7-9,11-14,16,24-25H,5-6,10,15,17H2,1-4H3,(H,34,36)/t24-,25?/m0/s1. The van der Waals surface area contributed by atoms with Gasteiger partial charge in [-0.25, -0.2) is 14.6 Å². The lowest BCUT2D eigenvalue weighted by molar-refractivity contribution is -0.145. The first-order valence-corrected chi connectivity index (χ1v) is 13.9. The Morgan fingerprint density at radius 3 is 2.48 bits per heavy atom. The summed E-state index contributed by atoms with van der Waals surface area (Å²) in [7, 11) is 1.28. The number of hydrogen-bond donors (Lipinski definition) is 1. The summed E-state index contributed by atoms with van der Waals surface area (Å²) in [5.41, 5.74) is 2.16. The van der Waals surface area contributed by atoms with Gasteiger partial charge >= 0.3 is 12.1 Å².